The first-order chi connectivity index (χ1) is 9.20. The standard InChI is InChI=1S/C15H19N3O/c1-11(13-4-6-14(19-3)7-5-13)18-12(2)15-10-16-8-9-17-15/h4-12,18H,1-3H3/t11-,12?/m0/s1. The Labute approximate surface area is 113 Å². The van der Waals surface area contributed by atoms with Crippen molar-refractivity contribution in [2.75, 3.05) is 7.11 Å². The smallest absolute Gasteiger partial charge is 0.118 e. The van der Waals surface area contributed by atoms with Gasteiger partial charge in [-0.05, 0) is 31.5 Å². The van der Waals surface area contributed by atoms with Gasteiger partial charge in [0, 0.05) is 30.7 Å². The molecular formula is C15H19N3O. The van der Waals surface area contributed by atoms with Crippen LogP contribution in [0.2, 0.25) is 0 Å². The maximum absolute atomic E-state index is 5.16. The van der Waals surface area contributed by atoms with E-state index in [1.807, 2.05) is 12.1 Å². The van der Waals surface area contributed by atoms with Crippen LogP contribution in [0.3, 0.4) is 0 Å². The van der Waals surface area contributed by atoms with E-state index in [-0.39, 0.29) is 12.1 Å². The summed E-state index contributed by atoms with van der Waals surface area (Å²) in [5.41, 5.74) is 2.17. The number of benzene rings is 1. The Bertz CT molecular complexity index is 499. The van der Waals surface area contributed by atoms with E-state index in [0.717, 1.165) is 11.4 Å². The predicted octanol–water partition coefficient (Wildman–Crippen LogP) is 2.90. The van der Waals surface area contributed by atoms with Crippen LogP contribution in [0.4, 0.5) is 0 Å². The molecule has 0 saturated heterocycles. The molecule has 1 unspecified atom stereocenters. The normalized spacial score (nSPS) is 13.8. The highest BCUT2D eigenvalue weighted by Gasteiger charge is 2.12. The molecule has 2 aromatic rings. The number of ether oxygens (including phenoxy) is 1. The first kappa shape index (κ1) is 13.5. The van der Waals surface area contributed by atoms with Gasteiger partial charge in [-0.25, -0.2) is 0 Å². The van der Waals surface area contributed by atoms with Gasteiger partial charge < -0.3 is 10.1 Å². The minimum atomic E-state index is 0.158. The molecule has 4 nitrogen and oxygen atoms in total. The molecule has 1 aromatic heterocycles. The van der Waals surface area contributed by atoms with Crippen molar-refractivity contribution in [3.8, 4) is 5.75 Å². The number of nitrogens with zero attached hydrogens (tertiary/aromatic N) is 2. The van der Waals surface area contributed by atoms with Crippen LogP contribution < -0.4 is 10.1 Å². The topological polar surface area (TPSA) is 47.0 Å². The molecule has 0 saturated carbocycles. The average Bonchev–Trinajstić information content (AvgIpc) is 2.48. The Morgan fingerprint density at radius 1 is 1.05 bits per heavy atom. The zero-order valence-corrected chi connectivity index (χ0v) is 11.5. The third-order valence-corrected chi connectivity index (χ3v) is 3.14. The van der Waals surface area contributed by atoms with Crippen LogP contribution in [0.25, 0.3) is 0 Å². The second-order valence-corrected chi connectivity index (χ2v) is 4.51. The fourth-order valence-corrected chi connectivity index (χ4v) is 1.98. The number of rotatable bonds is 5. The van der Waals surface area contributed by atoms with Gasteiger partial charge in [0.15, 0.2) is 0 Å². The van der Waals surface area contributed by atoms with Gasteiger partial charge in [0.1, 0.15) is 5.75 Å². The summed E-state index contributed by atoms with van der Waals surface area (Å²) in [7, 11) is 1.67. The van der Waals surface area contributed by atoms with Gasteiger partial charge in [-0.15, -0.1) is 0 Å². The monoisotopic (exact) mass is 257 g/mol. The molecule has 0 aliphatic heterocycles. The summed E-state index contributed by atoms with van der Waals surface area (Å²) >= 11 is 0. The molecule has 0 aliphatic carbocycles. The van der Waals surface area contributed by atoms with E-state index in [1.165, 1.54) is 5.56 Å². The molecule has 2 rings (SSSR count). The number of nitrogens with one attached hydrogen (secondary N) is 1. The van der Waals surface area contributed by atoms with E-state index in [9.17, 15) is 0 Å². The van der Waals surface area contributed by atoms with Gasteiger partial charge in [0.05, 0.1) is 12.8 Å². The Hall–Kier alpha value is -1.94. The van der Waals surface area contributed by atoms with Crippen LogP contribution in [-0.2, 0) is 0 Å². The summed E-state index contributed by atoms with van der Waals surface area (Å²) in [5, 5.41) is 3.51. The lowest BCUT2D eigenvalue weighted by molar-refractivity contribution is 0.414. The second-order valence-electron chi connectivity index (χ2n) is 4.51. The Morgan fingerprint density at radius 2 is 1.79 bits per heavy atom. The molecule has 4 heteroatoms. The first-order valence-corrected chi connectivity index (χ1v) is 6.36. The van der Waals surface area contributed by atoms with Crippen molar-refractivity contribution in [3.05, 3.63) is 54.1 Å². The van der Waals surface area contributed by atoms with Crippen LogP contribution in [0.5, 0.6) is 5.75 Å². The van der Waals surface area contributed by atoms with Gasteiger partial charge in [0.2, 0.25) is 0 Å². The SMILES string of the molecule is COc1ccc([C@H](C)NC(C)c2cnccn2)cc1. The number of aromatic nitrogens is 2. The molecule has 1 heterocycles. The van der Waals surface area contributed by atoms with Crippen molar-refractivity contribution in [3.63, 3.8) is 0 Å². The number of hydrogen-bond donors (Lipinski definition) is 1. The van der Waals surface area contributed by atoms with Gasteiger partial charge in [0.25, 0.3) is 0 Å². The van der Waals surface area contributed by atoms with E-state index < -0.39 is 0 Å². The number of methoxy groups -OCH3 is 1. The van der Waals surface area contributed by atoms with Crippen LogP contribution in [0.15, 0.2) is 42.9 Å². The third-order valence-electron chi connectivity index (χ3n) is 3.14. The third kappa shape index (κ3) is 3.51. The molecule has 2 atom stereocenters. The Morgan fingerprint density at radius 3 is 2.37 bits per heavy atom. The fraction of sp³-hybridized carbons (Fsp3) is 0.333. The van der Waals surface area contributed by atoms with E-state index in [2.05, 4.69) is 41.3 Å². The average molecular weight is 257 g/mol. The van der Waals surface area contributed by atoms with Crippen LogP contribution >= 0.6 is 0 Å². The molecular weight excluding hydrogens is 238 g/mol. The van der Waals surface area contributed by atoms with Crippen LogP contribution in [0.1, 0.15) is 37.2 Å². The molecule has 19 heavy (non-hydrogen) atoms. The van der Waals surface area contributed by atoms with Crippen molar-refractivity contribution >= 4 is 0 Å². The summed E-state index contributed by atoms with van der Waals surface area (Å²) in [5.74, 6) is 0.873. The first-order valence-electron chi connectivity index (χ1n) is 6.36. The van der Waals surface area contributed by atoms with Crippen molar-refractivity contribution in [2.24, 2.45) is 0 Å². The largest absolute Gasteiger partial charge is 0.497 e. The van der Waals surface area contributed by atoms with Gasteiger partial charge in [-0.2, -0.15) is 0 Å². The molecule has 0 spiro atoms. The fourth-order valence-electron chi connectivity index (χ4n) is 1.98. The lowest BCUT2D eigenvalue weighted by Crippen LogP contribution is -2.23. The zero-order chi connectivity index (χ0) is 13.7. The predicted molar refractivity (Wildman–Crippen MR) is 75.0 cm³/mol. The quantitative estimate of drug-likeness (QED) is 0.894. The highest BCUT2D eigenvalue weighted by Crippen LogP contribution is 2.20. The van der Waals surface area contributed by atoms with E-state index >= 15 is 0 Å². The van der Waals surface area contributed by atoms with Crippen molar-refractivity contribution in [2.45, 2.75) is 25.9 Å². The summed E-state index contributed by atoms with van der Waals surface area (Å²) in [4.78, 5) is 8.40. The summed E-state index contributed by atoms with van der Waals surface area (Å²) < 4.78 is 5.16. The van der Waals surface area contributed by atoms with Crippen molar-refractivity contribution < 1.29 is 4.74 Å². The molecule has 1 aromatic carbocycles. The van der Waals surface area contributed by atoms with Gasteiger partial charge in [-0.1, -0.05) is 12.1 Å². The van der Waals surface area contributed by atoms with Gasteiger partial charge in [-0.3, -0.25) is 9.97 Å². The Kier molecular flexibility index (Phi) is 4.47. The molecule has 1 N–H and O–H groups in total. The van der Waals surface area contributed by atoms with Crippen molar-refractivity contribution in [1.29, 1.82) is 0 Å². The lowest BCUT2D eigenvalue weighted by atomic mass is 10.1. The molecule has 0 bridgehead atoms. The molecule has 0 radical (unpaired) electrons. The molecule has 100 valence electrons. The maximum atomic E-state index is 5.16. The van der Waals surface area contributed by atoms with Gasteiger partial charge >= 0.3 is 0 Å². The van der Waals surface area contributed by atoms with Crippen LogP contribution in [-0.4, -0.2) is 17.1 Å². The van der Waals surface area contributed by atoms with E-state index in [4.69, 9.17) is 4.74 Å². The summed E-state index contributed by atoms with van der Waals surface area (Å²) in [6.45, 7) is 4.22. The zero-order valence-electron chi connectivity index (χ0n) is 11.5. The highest BCUT2D eigenvalue weighted by molar-refractivity contribution is 5.29. The summed E-state index contributed by atoms with van der Waals surface area (Å²) in [6, 6.07) is 8.48. The molecule has 0 aliphatic rings. The van der Waals surface area contributed by atoms with Crippen molar-refractivity contribution in [1.82, 2.24) is 15.3 Å². The maximum Gasteiger partial charge on any atom is 0.118 e. The molecule has 0 amide bonds. The van der Waals surface area contributed by atoms with E-state index in [0.29, 0.717) is 0 Å². The molecule has 0 fully saturated rings. The minimum absolute atomic E-state index is 0.158. The second kappa shape index (κ2) is 6.29. The lowest BCUT2D eigenvalue weighted by Gasteiger charge is -2.20. The van der Waals surface area contributed by atoms with Crippen LogP contribution in [0, 0.1) is 0 Å². The minimum Gasteiger partial charge on any atom is -0.497 e. The number of hydrogen-bond acceptors (Lipinski definition) is 4. The Balaban J connectivity index is 2.02. The summed E-state index contributed by atoms with van der Waals surface area (Å²) in [6.07, 6.45) is 5.19. The van der Waals surface area contributed by atoms with E-state index in [1.54, 1.807) is 25.7 Å². The highest BCUT2D eigenvalue weighted by atomic mass is 16.5.